The van der Waals surface area contributed by atoms with Gasteiger partial charge in [0, 0.05) is 11.8 Å². The van der Waals surface area contributed by atoms with E-state index in [-0.39, 0.29) is 6.42 Å². The van der Waals surface area contributed by atoms with Gasteiger partial charge in [-0.2, -0.15) is 17.6 Å². The van der Waals surface area contributed by atoms with Crippen LogP contribution in [0.1, 0.15) is 37.3 Å². The summed E-state index contributed by atoms with van der Waals surface area (Å²) in [7, 11) is 0. The van der Waals surface area contributed by atoms with Gasteiger partial charge >= 0.3 is 12.2 Å². The molecule has 142 valence electrons. The maximum Gasteiger partial charge on any atom is 0.388 e. The van der Waals surface area contributed by atoms with E-state index in [4.69, 9.17) is 0 Å². The molecule has 0 N–H and O–H groups in total. The van der Waals surface area contributed by atoms with Crippen molar-refractivity contribution >= 4 is 0 Å². The fourth-order valence-electron chi connectivity index (χ4n) is 3.21. The number of hydrogen-bond donors (Lipinski definition) is 0. The fourth-order valence-corrected chi connectivity index (χ4v) is 3.21. The second kappa shape index (κ2) is 8.16. The number of ether oxygens (including phenoxy) is 1. The first-order chi connectivity index (χ1) is 12.2. The summed E-state index contributed by atoms with van der Waals surface area (Å²) in [4.78, 5) is 0. The fraction of sp³-hybridized carbons (Fsp3) is 0.400. The molecular formula is C20H21F5O. The van der Waals surface area contributed by atoms with Crippen LogP contribution in [0.3, 0.4) is 0 Å². The molecule has 0 saturated heterocycles. The topological polar surface area (TPSA) is 9.23 Å². The molecule has 0 aliphatic heterocycles. The number of alkyl halides is 5. The highest BCUT2D eigenvalue weighted by molar-refractivity contribution is 5.39. The Bertz CT molecular complexity index is 634. The lowest BCUT2D eigenvalue weighted by Crippen LogP contribution is -2.37. The van der Waals surface area contributed by atoms with Gasteiger partial charge in [0.25, 0.3) is 0 Å². The second-order valence-electron chi connectivity index (χ2n) is 6.18. The molecule has 0 bridgehead atoms. The Morgan fingerprint density at radius 1 is 0.731 bits per heavy atom. The summed E-state index contributed by atoms with van der Waals surface area (Å²) in [5, 5.41) is 0. The molecule has 0 aliphatic carbocycles. The monoisotopic (exact) mass is 372 g/mol. The molecule has 0 atom stereocenters. The highest BCUT2D eigenvalue weighted by Gasteiger charge is 2.46. The Morgan fingerprint density at radius 2 is 1.19 bits per heavy atom. The van der Waals surface area contributed by atoms with Crippen LogP contribution >= 0.6 is 0 Å². The van der Waals surface area contributed by atoms with Gasteiger partial charge in [0.05, 0.1) is 0 Å². The van der Waals surface area contributed by atoms with Crippen LogP contribution in [0, 0.1) is 0 Å². The molecule has 2 rings (SSSR count). The minimum Gasteiger partial charge on any atom is -0.253 e. The van der Waals surface area contributed by atoms with Crippen LogP contribution < -0.4 is 0 Å². The van der Waals surface area contributed by atoms with Gasteiger partial charge in [-0.05, 0) is 24.0 Å². The van der Waals surface area contributed by atoms with Crippen LogP contribution in [0.4, 0.5) is 22.0 Å². The molecule has 0 aliphatic rings. The molecule has 26 heavy (non-hydrogen) atoms. The Balaban J connectivity index is 2.34. The first-order valence-electron chi connectivity index (χ1n) is 8.37. The van der Waals surface area contributed by atoms with Gasteiger partial charge < -0.3 is 0 Å². The lowest BCUT2D eigenvalue weighted by molar-refractivity contribution is -0.379. The molecule has 0 radical (unpaired) electrons. The third-order valence-electron chi connectivity index (χ3n) is 4.55. The first-order valence-corrected chi connectivity index (χ1v) is 8.37. The Labute approximate surface area is 149 Å². The normalized spacial score (nSPS) is 13.0. The molecule has 2 aromatic carbocycles. The maximum absolute atomic E-state index is 13.9. The van der Waals surface area contributed by atoms with Gasteiger partial charge in [0.2, 0.25) is 0 Å². The molecule has 0 aromatic heterocycles. The zero-order chi connectivity index (χ0) is 19.3. The lowest BCUT2D eigenvalue weighted by Gasteiger charge is -2.35. The molecule has 0 spiro atoms. The summed E-state index contributed by atoms with van der Waals surface area (Å²) < 4.78 is 69.3. The maximum atomic E-state index is 13.9. The molecule has 1 nitrogen and oxygen atoms in total. The average molecular weight is 372 g/mol. The van der Waals surface area contributed by atoms with E-state index in [1.54, 1.807) is 24.3 Å². The van der Waals surface area contributed by atoms with Crippen molar-refractivity contribution < 1.29 is 26.7 Å². The number of benzene rings is 2. The van der Waals surface area contributed by atoms with Crippen LogP contribution in [0.2, 0.25) is 0 Å². The van der Waals surface area contributed by atoms with E-state index in [1.807, 2.05) is 43.3 Å². The molecule has 6 heteroatoms. The Morgan fingerprint density at radius 3 is 1.58 bits per heavy atom. The summed E-state index contributed by atoms with van der Waals surface area (Å²) in [6, 6.07) is 18.1. The van der Waals surface area contributed by atoms with Gasteiger partial charge in [-0.25, -0.2) is 4.39 Å². The largest absolute Gasteiger partial charge is 0.388 e. The predicted molar refractivity (Wildman–Crippen MR) is 90.1 cm³/mol. The highest BCUT2D eigenvalue weighted by atomic mass is 19.3. The van der Waals surface area contributed by atoms with Crippen molar-refractivity contribution in [1.82, 2.24) is 0 Å². The van der Waals surface area contributed by atoms with E-state index in [1.165, 1.54) is 0 Å². The van der Waals surface area contributed by atoms with Crippen molar-refractivity contribution in [3.8, 4) is 0 Å². The third-order valence-corrected chi connectivity index (χ3v) is 4.55. The molecule has 0 saturated carbocycles. The van der Waals surface area contributed by atoms with Crippen molar-refractivity contribution in [2.24, 2.45) is 0 Å². The van der Waals surface area contributed by atoms with Gasteiger partial charge in [-0.15, -0.1) is 0 Å². The summed E-state index contributed by atoms with van der Waals surface area (Å²) in [5.41, 5.74) is 0.823. The molecule has 0 heterocycles. The van der Waals surface area contributed by atoms with E-state index in [2.05, 4.69) is 4.74 Å². The molecule has 2 aromatic rings. The van der Waals surface area contributed by atoms with Gasteiger partial charge in [0.1, 0.15) is 0 Å². The van der Waals surface area contributed by atoms with Gasteiger partial charge in [-0.3, -0.25) is 4.74 Å². The molecular weight excluding hydrogens is 351 g/mol. The molecule has 0 unspecified atom stereocenters. The minimum absolute atomic E-state index is 0.132. The van der Waals surface area contributed by atoms with Crippen LogP contribution in [-0.2, 0) is 10.2 Å². The number of halogens is 5. The third kappa shape index (κ3) is 4.81. The van der Waals surface area contributed by atoms with Crippen molar-refractivity contribution in [3.05, 3.63) is 71.8 Å². The van der Waals surface area contributed by atoms with E-state index in [0.717, 1.165) is 11.1 Å². The van der Waals surface area contributed by atoms with Crippen LogP contribution in [0.15, 0.2) is 60.7 Å². The molecule has 0 amide bonds. The summed E-state index contributed by atoms with van der Waals surface area (Å²) >= 11 is 0. The SMILES string of the molecule is CCC(CCC(F)(F)OC(F)(F)CF)(c1ccccc1)c1ccccc1. The Hall–Kier alpha value is -1.95. The smallest absolute Gasteiger partial charge is 0.253 e. The lowest BCUT2D eigenvalue weighted by atomic mass is 9.69. The first kappa shape index (κ1) is 20.4. The highest BCUT2D eigenvalue weighted by Crippen LogP contribution is 2.43. The summed E-state index contributed by atoms with van der Waals surface area (Å²) in [6.07, 6.45) is -9.25. The standard InChI is InChI=1S/C20H21F5O/c1-2-18(16-9-5-3-6-10-16,17-11-7-4-8-12-17)13-14-19(22,23)26-20(24,25)15-21/h3-12H,2,13-15H2,1H3. The number of hydrogen-bond acceptors (Lipinski definition) is 1. The zero-order valence-corrected chi connectivity index (χ0v) is 14.4. The number of rotatable bonds is 9. The zero-order valence-electron chi connectivity index (χ0n) is 14.4. The molecule has 0 fully saturated rings. The van der Waals surface area contributed by atoms with Crippen molar-refractivity contribution in [2.45, 2.75) is 43.8 Å². The van der Waals surface area contributed by atoms with Crippen LogP contribution in [0.5, 0.6) is 0 Å². The van der Waals surface area contributed by atoms with E-state index >= 15 is 0 Å². The van der Waals surface area contributed by atoms with E-state index in [9.17, 15) is 22.0 Å². The van der Waals surface area contributed by atoms with Crippen molar-refractivity contribution in [3.63, 3.8) is 0 Å². The van der Waals surface area contributed by atoms with E-state index in [0.29, 0.717) is 6.42 Å². The van der Waals surface area contributed by atoms with E-state index < -0.39 is 30.7 Å². The second-order valence-corrected chi connectivity index (χ2v) is 6.18. The van der Waals surface area contributed by atoms with Crippen LogP contribution in [-0.4, -0.2) is 18.9 Å². The summed E-state index contributed by atoms with van der Waals surface area (Å²) in [5.74, 6) is 0. The van der Waals surface area contributed by atoms with Crippen molar-refractivity contribution in [1.29, 1.82) is 0 Å². The van der Waals surface area contributed by atoms with Crippen molar-refractivity contribution in [2.75, 3.05) is 6.67 Å². The Kier molecular flexibility index (Phi) is 6.39. The van der Waals surface area contributed by atoms with Crippen LogP contribution in [0.25, 0.3) is 0 Å². The summed E-state index contributed by atoms with van der Waals surface area (Å²) in [6.45, 7) is -0.436. The quantitative estimate of drug-likeness (QED) is 0.467. The predicted octanol–water partition coefficient (Wildman–Crippen LogP) is 6.33. The average Bonchev–Trinajstić information content (AvgIpc) is 2.63. The minimum atomic E-state index is -4.50. The van der Waals surface area contributed by atoms with Gasteiger partial charge in [-0.1, -0.05) is 67.6 Å². The van der Waals surface area contributed by atoms with Gasteiger partial charge in [0.15, 0.2) is 6.67 Å².